The highest BCUT2D eigenvalue weighted by molar-refractivity contribution is 5.17. The molecule has 5 heteroatoms. The van der Waals surface area contributed by atoms with Crippen molar-refractivity contribution in [3.8, 4) is 0 Å². The van der Waals surface area contributed by atoms with E-state index in [2.05, 4.69) is 40.2 Å². The highest BCUT2D eigenvalue weighted by Crippen LogP contribution is 2.19. The number of nitrogens with one attached hydrogen (secondary N) is 2. The molecule has 114 valence electrons. The van der Waals surface area contributed by atoms with Crippen molar-refractivity contribution in [2.75, 3.05) is 6.54 Å². The summed E-state index contributed by atoms with van der Waals surface area (Å²) in [5.74, 6) is 1.33. The number of H-pyrrole nitrogens is 1. The zero-order valence-corrected chi connectivity index (χ0v) is 12.8. The molecule has 0 spiro atoms. The Balaban J connectivity index is 2.01. The van der Waals surface area contributed by atoms with E-state index in [0.29, 0.717) is 18.5 Å². The number of aromatic amines is 1. The number of pyridine rings is 1. The highest BCUT2D eigenvalue weighted by Gasteiger charge is 2.20. The molecule has 0 aromatic carbocycles. The maximum atomic E-state index is 5.66. The predicted molar refractivity (Wildman–Crippen MR) is 84.9 cm³/mol. The van der Waals surface area contributed by atoms with E-state index >= 15 is 0 Å². The standard InChI is InChI=1S/C16H25N5/c1-12-5-4-8-18-15(12)11-21-14(6-3-7-17)13(2)16-19-9-10-20-16/h4-5,8-10,13-14,21H,3,6-7,11,17H2,1-2H3,(H,19,20). The van der Waals surface area contributed by atoms with Gasteiger partial charge < -0.3 is 16.0 Å². The topological polar surface area (TPSA) is 79.6 Å². The van der Waals surface area contributed by atoms with Gasteiger partial charge in [0, 0.05) is 37.1 Å². The molecule has 0 radical (unpaired) electrons. The molecule has 2 unspecified atom stereocenters. The normalized spacial score (nSPS) is 14.0. The molecule has 0 saturated carbocycles. The number of nitrogens with two attached hydrogens (primary N) is 1. The first kappa shape index (κ1) is 15.7. The number of hydrogen-bond acceptors (Lipinski definition) is 4. The van der Waals surface area contributed by atoms with Crippen molar-refractivity contribution in [1.82, 2.24) is 20.3 Å². The molecule has 4 N–H and O–H groups in total. The molecule has 0 aliphatic rings. The average molecular weight is 287 g/mol. The van der Waals surface area contributed by atoms with Crippen LogP contribution in [-0.4, -0.2) is 27.5 Å². The molecule has 21 heavy (non-hydrogen) atoms. The van der Waals surface area contributed by atoms with Crippen LogP contribution in [-0.2, 0) is 6.54 Å². The average Bonchev–Trinajstić information content (AvgIpc) is 3.02. The smallest absolute Gasteiger partial charge is 0.110 e. The van der Waals surface area contributed by atoms with E-state index in [-0.39, 0.29) is 0 Å². The Kier molecular flexibility index (Phi) is 5.90. The Morgan fingerprint density at radius 3 is 2.86 bits per heavy atom. The van der Waals surface area contributed by atoms with Crippen LogP contribution in [0, 0.1) is 6.92 Å². The summed E-state index contributed by atoms with van der Waals surface area (Å²) in [6, 6.07) is 4.39. The lowest BCUT2D eigenvalue weighted by Gasteiger charge is -2.24. The van der Waals surface area contributed by atoms with Crippen molar-refractivity contribution in [2.45, 2.75) is 45.2 Å². The zero-order valence-electron chi connectivity index (χ0n) is 12.8. The third-order valence-corrected chi connectivity index (χ3v) is 3.92. The monoisotopic (exact) mass is 287 g/mol. The number of nitrogens with zero attached hydrogens (tertiary/aromatic N) is 2. The summed E-state index contributed by atoms with van der Waals surface area (Å²) in [5, 5.41) is 3.62. The van der Waals surface area contributed by atoms with Gasteiger partial charge in [-0.1, -0.05) is 13.0 Å². The fourth-order valence-electron chi connectivity index (χ4n) is 2.51. The SMILES string of the molecule is Cc1cccnc1CNC(CCCN)C(C)c1ncc[nH]1. The molecule has 2 atom stereocenters. The maximum absolute atomic E-state index is 5.66. The Bertz CT molecular complexity index is 523. The van der Waals surface area contributed by atoms with Crippen LogP contribution >= 0.6 is 0 Å². The quantitative estimate of drug-likeness (QED) is 0.695. The minimum atomic E-state index is 0.315. The summed E-state index contributed by atoms with van der Waals surface area (Å²) in [7, 11) is 0. The summed E-state index contributed by atoms with van der Waals surface area (Å²) < 4.78 is 0. The molecule has 2 rings (SSSR count). The summed E-state index contributed by atoms with van der Waals surface area (Å²) >= 11 is 0. The largest absolute Gasteiger partial charge is 0.348 e. The number of rotatable bonds is 8. The first-order valence-electron chi connectivity index (χ1n) is 7.55. The van der Waals surface area contributed by atoms with Crippen LogP contribution in [0.3, 0.4) is 0 Å². The fraction of sp³-hybridized carbons (Fsp3) is 0.500. The third-order valence-electron chi connectivity index (χ3n) is 3.92. The van der Waals surface area contributed by atoms with E-state index in [9.17, 15) is 0 Å². The van der Waals surface area contributed by atoms with Crippen molar-refractivity contribution in [3.63, 3.8) is 0 Å². The van der Waals surface area contributed by atoms with E-state index in [1.165, 1.54) is 5.56 Å². The van der Waals surface area contributed by atoms with Crippen molar-refractivity contribution in [2.24, 2.45) is 5.73 Å². The fourth-order valence-corrected chi connectivity index (χ4v) is 2.51. The highest BCUT2D eigenvalue weighted by atomic mass is 15.0. The van der Waals surface area contributed by atoms with E-state index in [1.54, 1.807) is 6.20 Å². The van der Waals surface area contributed by atoms with E-state index < -0.39 is 0 Å². The molecular formula is C16H25N5. The maximum Gasteiger partial charge on any atom is 0.110 e. The number of hydrogen-bond donors (Lipinski definition) is 3. The Morgan fingerprint density at radius 1 is 1.33 bits per heavy atom. The summed E-state index contributed by atoms with van der Waals surface area (Å²) in [5.41, 5.74) is 7.98. The van der Waals surface area contributed by atoms with Gasteiger partial charge in [0.05, 0.1) is 5.69 Å². The Hall–Kier alpha value is -1.72. The van der Waals surface area contributed by atoms with Gasteiger partial charge in [0.2, 0.25) is 0 Å². The summed E-state index contributed by atoms with van der Waals surface area (Å²) in [6.45, 7) is 5.77. The molecule has 0 saturated heterocycles. The molecule has 2 aromatic rings. The van der Waals surface area contributed by atoms with E-state index in [1.807, 2.05) is 18.5 Å². The second-order valence-corrected chi connectivity index (χ2v) is 5.45. The van der Waals surface area contributed by atoms with Gasteiger partial charge in [0.1, 0.15) is 5.82 Å². The predicted octanol–water partition coefficient (Wildman–Crippen LogP) is 2.11. The van der Waals surface area contributed by atoms with Gasteiger partial charge in [0.15, 0.2) is 0 Å². The minimum Gasteiger partial charge on any atom is -0.348 e. The summed E-state index contributed by atoms with van der Waals surface area (Å²) in [6.07, 6.45) is 7.55. The van der Waals surface area contributed by atoms with Gasteiger partial charge in [-0.3, -0.25) is 4.98 Å². The first-order chi connectivity index (χ1) is 10.2. The number of aryl methyl sites for hydroxylation is 1. The van der Waals surface area contributed by atoms with Crippen molar-refractivity contribution < 1.29 is 0 Å². The van der Waals surface area contributed by atoms with Gasteiger partial charge >= 0.3 is 0 Å². The van der Waals surface area contributed by atoms with Crippen LogP contribution in [0.2, 0.25) is 0 Å². The van der Waals surface area contributed by atoms with Crippen molar-refractivity contribution in [1.29, 1.82) is 0 Å². The molecule has 0 aliphatic heterocycles. The van der Waals surface area contributed by atoms with Crippen LogP contribution < -0.4 is 11.1 Å². The molecule has 2 heterocycles. The minimum absolute atomic E-state index is 0.315. The van der Waals surface area contributed by atoms with E-state index in [4.69, 9.17) is 5.73 Å². The van der Waals surface area contributed by atoms with Crippen LogP contribution in [0.15, 0.2) is 30.7 Å². The first-order valence-corrected chi connectivity index (χ1v) is 7.55. The number of imidazole rings is 1. The van der Waals surface area contributed by atoms with Gasteiger partial charge in [-0.05, 0) is 37.9 Å². The lowest BCUT2D eigenvalue weighted by molar-refractivity contribution is 0.403. The Labute approximate surface area is 126 Å². The van der Waals surface area contributed by atoms with Crippen molar-refractivity contribution in [3.05, 3.63) is 47.8 Å². The van der Waals surface area contributed by atoms with Gasteiger partial charge in [-0.25, -0.2) is 4.98 Å². The molecular weight excluding hydrogens is 262 g/mol. The molecule has 0 bridgehead atoms. The number of aromatic nitrogens is 3. The van der Waals surface area contributed by atoms with Crippen LogP contribution in [0.1, 0.15) is 42.8 Å². The van der Waals surface area contributed by atoms with Gasteiger partial charge in [-0.2, -0.15) is 0 Å². The summed E-state index contributed by atoms with van der Waals surface area (Å²) in [4.78, 5) is 12.0. The van der Waals surface area contributed by atoms with Crippen LogP contribution in [0.25, 0.3) is 0 Å². The lowest BCUT2D eigenvalue weighted by Crippen LogP contribution is -2.35. The molecule has 5 nitrogen and oxygen atoms in total. The molecule has 0 aliphatic carbocycles. The van der Waals surface area contributed by atoms with Gasteiger partial charge in [-0.15, -0.1) is 0 Å². The molecule has 0 amide bonds. The second-order valence-electron chi connectivity index (χ2n) is 5.45. The lowest BCUT2D eigenvalue weighted by atomic mass is 9.96. The van der Waals surface area contributed by atoms with Crippen LogP contribution in [0.5, 0.6) is 0 Å². The zero-order chi connectivity index (χ0) is 15.1. The van der Waals surface area contributed by atoms with E-state index in [0.717, 1.165) is 30.9 Å². The second kappa shape index (κ2) is 7.90. The van der Waals surface area contributed by atoms with Crippen LogP contribution in [0.4, 0.5) is 0 Å². The third kappa shape index (κ3) is 4.37. The molecule has 2 aromatic heterocycles. The Morgan fingerprint density at radius 2 is 2.19 bits per heavy atom. The van der Waals surface area contributed by atoms with Gasteiger partial charge in [0.25, 0.3) is 0 Å². The van der Waals surface area contributed by atoms with Crippen molar-refractivity contribution >= 4 is 0 Å². The molecule has 0 fully saturated rings.